The summed E-state index contributed by atoms with van der Waals surface area (Å²) in [5.74, 6) is 1.46. The minimum atomic E-state index is 0. The van der Waals surface area contributed by atoms with Crippen LogP contribution in [0.3, 0.4) is 0 Å². The van der Waals surface area contributed by atoms with Crippen molar-refractivity contribution in [1.82, 2.24) is 10.3 Å². The summed E-state index contributed by atoms with van der Waals surface area (Å²) in [6.07, 6.45) is 4.88. The standard InChI is InChI=1S/C10H14N2O.2ClH/c1-13-10-4-9(6-12-7-10)8-2-3-11-5-8;;/h4,6-8,11H,2-3,5H2,1H3;2*1H. The summed E-state index contributed by atoms with van der Waals surface area (Å²) in [6.45, 7) is 2.18. The molecule has 15 heavy (non-hydrogen) atoms. The molecule has 2 rings (SSSR count). The summed E-state index contributed by atoms with van der Waals surface area (Å²) in [5, 5.41) is 3.34. The van der Waals surface area contributed by atoms with Crippen LogP contribution in [0.5, 0.6) is 5.75 Å². The smallest absolute Gasteiger partial charge is 0.137 e. The van der Waals surface area contributed by atoms with Crippen molar-refractivity contribution >= 4 is 24.8 Å². The zero-order valence-electron chi connectivity index (χ0n) is 8.60. The van der Waals surface area contributed by atoms with Crippen molar-refractivity contribution in [3.05, 3.63) is 24.0 Å². The van der Waals surface area contributed by atoms with Crippen LogP contribution in [0.2, 0.25) is 0 Å². The number of ether oxygens (including phenoxy) is 1. The molecule has 0 bridgehead atoms. The third-order valence-corrected chi connectivity index (χ3v) is 2.50. The van der Waals surface area contributed by atoms with Crippen LogP contribution in [0.1, 0.15) is 17.9 Å². The van der Waals surface area contributed by atoms with Crippen molar-refractivity contribution in [1.29, 1.82) is 0 Å². The van der Waals surface area contributed by atoms with Crippen LogP contribution in [0.4, 0.5) is 0 Å². The molecule has 0 saturated carbocycles. The van der Waals surface area contributed by atoms with Gasteiger partial charge in [-0.25, -0.2) is 0 Å². The molecule has 0 aliphatic carbocycles. The van der Waals surface area contributed by atoms with E-state index in [1.54, 1.807) is 13.3 Å². The summed E-state index contributed by atoms with van der Waals surface area (Å²) in [4.78, 5) is 4.15. The number of aromatic nitrogens is 1. The van der Waals surface area contributed by atoms with Gasteiger partial charge in [-0.2, -0.15) is 0 Å². The highest BCUT2D eigenvalue weighted by atomic mass is 35.5. The van der Waals surface area contributed by atoms with Gasteiger partial charge in [-0.05, 0) is 30.5 Å². The van der Waals surface area contributed by atoms with Crippen LogP contribution in [-0.2, 0) is 0 Å². The van der Waals surface area contributed by atoms with E-state index in [2.05, 4.69) is 16.4 Å². The Morgan fingerprint density at radius 1 is 1.40 bits per heavy atom. The normalized spacial score (nSPS) is 18.9. The number of rotatable bonds is 2. The van der Waals surface area contributed by atoms with Gasteiger partial charge in [0.1, 0.15) is 5.75 Å². The first-order chi connectivity index (χ1) is 6.40. The second-order valence-electron chi connectivity index (χ2n) is 3.35. The predicted octanol–water partition coefficient (Wildman–Crippen LogP) is 2.01. The van der Waals surface area contributed by atoms with E-state index in [1.807, 2.05) is 6.20 Å². The fourth-order valence-corrected chi connectivity index (χ4v) is 1.71. The van der Waals surface area contributed by atoms with Gasteiger partial charge in [-0.1, -0.05) is 0 Å². The van der Waals surface area contributed by atoms with Crippen molar-refractivity contribution in [3.63, 3.8) is 0 Å². The molecule has 3 nitrogen and oxygen atoms in total. The van der Waals surface area contributed by atoms with E-state index < -0.39 is 0 Å². The third-order valence-electron chi connectivity index (χ3n) is 2.50. The number of halogens is 2. The second kappa shape index (κ2) is 6.88. The highest BCUT2D eigenvalue weighted by Crippen LogP contribution is 2.24. The van der Waals surface area contributed by atoms with Gasteiger partial charge in [0.2, 0.25) is 0 Å². The van der Waals surface area contributed by atoms with Gasteiger partial charge in [0.25, 0.3) is 0 Å². The molecule has 1 fully saturated rings. The van der Waals surface area contributed by atoms with Crippen molar-refractivity contribution < 1.29 is 4.74 Å². The van der Waals surface area contributed by atoms with E-state index in [9.17, 15) is 0 Å². The first-order valence-corrected chi connectivity index (χ1v) is 4.60. The Kier molecular flexibility index (Phi) is 6.65. The van der Waals surface area contributed by atoms with Crippen molar-refractivity contribution in [3.8, 4) is 5.75 Å². The zero-order valence-corrected chi connectivity index (χ0v) is 10.2. The van der Waals surface area contributed by atoms with Gasteiger partial charge in [-0.15, -0.1) is 24.8 Å². The average Bonchev–Trinajstić information content (AvgIpc) is 2.71. The van der Waals surface area contributed by atoms with Gasteiger partial charge in [0.15, 0.2) is 0 Å². The third kappa shape index (κ3) is 3.52. The number of nitrogens with one attached hydrogen (secondary N) is 1. The SMILES string of the molecule is COc1cncc(C2CCNC2)c1.Cl.Cl. The lowest BCUT2D eigenvalue weighted by Crippen LogP contribution is -2.08. The van der Waals surface area contributed by atoms with E-state index in [0.29, 0.717) is 5.92 Å². The topological polar surface area (TPSA) is 34.1 Å². The maximum absolute atomic E-state index is 5.13. The number of hydrogen-bond donors (Lipinski definition) is 1. The summed E-state index contributed by atoms with van der Waals surface area (Å²) in [7, 11) is 1.67. The lowest BCUT2D eigenvalue weighted by atomic mass is 10.0. The highest BCUT2D eigenvalue weighted by molar-refractivity contribution is 5.85. The van der Waals surface area contributed by atoms with Crippen LogP contribution in [0, 0.1) is 0 Å². The Morgan fingerprint density at radius 2 is 2.20 bits per heavy atom. The molecule has 1 aromatic rings. The van der Waals surface area contributed by atoms with Crippen molar-refractivity contribution in [2.75, 3.05) is 20.2 Å². The van der Waals surface area contributed by atoms with Crippen molar-refractivity contribution in [2.24, 2.45) is 0 Å². The molecule has 1 unspecified atom stereocenters. The molecule has 1 aromatic heterocycles. The number of methoxy groups -OCH3 is 1. The molecule has 1 N–H and O–H groups in total. The molecule has 1 aliphatic heterocycles. The number of nitrogens with zero attached hydrogens (tertiary/aromatic N) is 1. The maximum Gasteiger partial charge on any atom is 0.137 e. The molecule has 0 radical (unpaired) electrons. The molecule has 1 aliphatic rings. The number of hydrogen-bond acceptors (Lipinski definition) is 3. The van der Waals surface area contributed by atoms with E-state index >= 15 is 0 Å². The summed E-state index contributed by atoms with van der Waals surface area (Å²) in [6, 6.07) is 2.07. The van der Waals surface area contributed by atoms with Gasteiger partial charge in [0, 0.05) is 12.7 Å². The molecule has 1 atom stereocenters. The monoisotopic (exact) mass is 250 g/mol. The Morgan fingerprint density at radius 3 is 2.80 bits per heavy atom. The Hall–Kier alpha value is -0.510. The zero-order chi connectivity index (χ0) is 9.10. The van der Waals surface area contributed by atoms with Crippen LogP contribution < -0.4 is 10.1 Å². The van der Waals surface area contributed by atoms with Gasteiger partial charge < -0.3 is 10.1 Å². The van der Waals surface area contributed by atoms with Gasteiger partial charge >= 0.3 is 0 Å². The summed E-state index contributed by atoms with van der Waals surface area (Å²) in [5.41, 5.74) is 1.28. The molecule has 86 valence electrons. The predicted molar refractivity (Wildman–Crippen MR) is 65.5 cm³/mol. The summed E-state index contributed by atoms with van der Waals surface area (Å²) >= 11 is 0. The van der Waals surface area contributed by atoms with Gasteiger partial charge in [0.05, 0.1) is 13.3 Å². The average molecular weight is 251 g/mol. The van der Waals surface area contributed by atoms with E-state index in [1.165, 1.54) is 12.0 Å². The molecule has 0 aromatic carbocycles. The Balaban J connectivity index is 0.000000980. The Labute approximate surface area is 102 Å². The van der Waals surface area contributed by atoms with Gasteiger partial charge in [-0.3, -0.25) is 4.98 Å². The molecule has 2 heterocycles. The molecular formula is C10H16Cl2N2O. The lowest BCUT2D eigenvalue weighted by Gasteiger charge is -2.08. The maximum atomic E-state index is 5.13. The fraction of sp³-hybridized carbons (Fsp3) is 0.500. The van der Waals surface area contributed by atoms with Crippen LogP contribution in [-0.4, -0.2) is 25.2 Å². The van der Waals surface area contributed by atoms with Crippen LogP contribution >= 0.6 is 24.8 Å². The molecule has 0 spiro atoms. The minimum Gasteiger partial charge on any atom is -0.495 e. The second-order valence-corrected chi connectivity index (χ2v) is 3.35. The quantitative estimate of drug-likeness (QED) is 0.873. The first kappa shape index (κ1) is 14.5. The minimum absolute atomic E-state index is 0. The summed E-state index contributed by atoms with van der Waals surface area (Å²) < 4.78 is 5.13. The van der Waals surface area contributed by atoms with Crippen LogP contribution in [0.15, 0.2) is 18.5 Å². The molecule has 1 saturated heterocycles. The highest BCUT2D eigenvalue weighted by Gasteiger charge is 2.16. The van der Waals surface area contributed by atoms with E-state index in [4.69, 9.17) is 4.74 Å². The first-order valence-electron chi connectivity index (χ1n) is 4.60. The number of pyridine rings is 1. The molecular weight excluding hydrogens is 235 g/mol. The fourth-order valence-electron chi connectivity index (χ4n) is 1.71. The van der Waals surface area contributed by atoms with Crippen LogP contribution in [0.25, 0.3) is 0 Å². The lowest BCUT2D eigenvalue weighted by molar-refractivity contribution is 0.412. The molecule has 0 amide bonds. The van der Waals surface area contributed by atoms with Crippen molar-refractivity contribution in [2.45, 2.75) is 12.3 Å². The largest absolute Gasteiger partial charge is 0.495 e. The van der Waals surface area contributed by atoms with E-state index in [0.717, 1.165) is 18.8 Å². The molecule has 5 heteroatoms. The Bertz CT molecular complexity index is 291. The van der Waals surface area contributed by atoms with E-state index in [-0.39, 0.29) is 24.8 Å².